The third-order valence-corrected chi connectivity index (χ3v) is 4.73. The maximum absolute atomic E-state index is 12.1. The lowest BCUT2D eigenvalue weighted by Crippen LogP contribution is -2.42. The number of carbonyl (C=O) groups excluding carboxylic acids is 1. The van der Waals surface area contributed by atoms with Crippen LogP contribution in [-0.4, -0.2) is 53.3 Å². The Kier molecular flexibility index (Phi) is 3.41. The number of rotatable bonds is 3. The maximum Gasteiger partial charge on any atom is 0.317 e. The molecule has 3 fully saturated rings. The highest BCUT2D eigenvalue weighted by Crippen LogP contribution is 2.36. The molecule has 4 rings (SSSR count). The molecule has 3 heterocycles. The van der Waals surface area contributed by atoms with Crippen molar-refractivity contribution in [1.29, 1.82) is 0 Å². The maximum atomic E-state index is 12.1. The molecule has 1 spiro atoms. The zero-order valence-electron chi connectivity index (χ0n) is 12.6. The van der Waals surface area contributed by atoms with Crippen molar-refractivity contribution < 1.29 is 9.53 Å². The largest absolute Gasteiger partial charge is 0.371 e. The molecule has 1 saturated carbocycles. The highest BCUT2D eigenvalue weighted by Gasteiger charge is 2.47. The fourth-order valence-corrected chi connectivity index (χ4v) is 3.39. The van der Waals surface area contributed by atoms with E-state index in [9.17, 15) is 4.79 Å². The minimum absolute atomic E-state index is 0.0733. The first kappa shape index (κ1) is 13.8. The first-order valence-corrected chi connectivity index (χ1v) is 8.09. The number of pyridine rings is 1. The fourth-order valence-electron chi connectivity index (χ4n) is 3.39. The van der Waals surface area contributed by atoms with Gasteiger partial charge in [-0.05, 0) is 31.4 Å². The molecule has 0 bridgehead atoms. The van der Waals surface area contributed by atoms with Crippen molar-refractivity contribution in [3.05, 3.63) is 24.4 Å². The molecular weight excluding hydrogens is 280 g/mol. The third-order valence-electron chi connectivity index (χ3n) is 4.73. The number of hydrogen-bond donors (Lipinski definition) is 2. The van der Waals surface area contributed by atoms with Crippen molar-refractivity contribution >= 4 is 11.8 Å². The Morgan fingerprint density at radius 1 is 1.36 bits per heavy atom. The van der Waals surface area contributed by atoms with Gasteiger partial charge in [-0.2, -0.15) is 0 Å². The van der Waals surface area contributed by atoms with Gasteiger partial charge in [-0.25, -0.2) is 9.78 Å². The lowest BCUT2D eigenvalue weighted by Gasteiger charge is -2.23. The number of likely N-dealkylation sites (tertiary alicyclic amines) is 1. The van der Waals surface area contributed by atoms with Crippen LogP contribution in [-0.2, 0) is 4.74 Å². The Morgan fingerprint density at radius 2 is 2.27 bits per heavy atom. The molecule has 2 atom stereocenters. The predicted octanol–water partition coefficient (Wildman–Crippen LogP) is 1.60. The number of anilines is 1. The number of nitrogens with one attached hydrogen (secondary N) is 2. The standard InChI is InChI=1S/C16H22N4O2/c21-15(19-12-4-5-12)20-8-6-16(11-20)9-13(10-22-16)18-14-3-1-2-7-17-14/h1-3,7,12-13H,4-6,8-11H2,(H,17,18)(H,19,21). The van der Waals surface area contributed by atoms with Crippen LogP contribution >= 0.6 is 0 Å². The Morgan fingerprint density at radius 3 is 3.05 bits per heavy atom. The van der Waals surface area contributed by atoms with Gasteiger partial charge in [0.15, 0.2) is 0 Å². The molecule has 22 heavy (non-hydrogen) atoms. The van der Waals surface area contributed by atoms with E-state index in [2.05, 4.69) is 15.6 Å². The quantitative estimate of drug-likeness (QED) is 0.890. The van der Waals surface area contributed by atoms with Crippen molar-refractivity contribution in [2.45, 2.75) is 43.4 Å². The molecule has 1 aromatic heterocycles. The molecule has 2 aliphatic heterocycles. The molecule has 1 aromatic rings. The zero-order chi connectivity index (χ0) is 15.0. The summed E-state index contributed by atoms with van der Waals surface area (Å²) in [5, 5.41) is 6.48. The Balaban J connectivity index is 1.33. The van der Waals surface area contributed by atoms with Gasteiger partial charge in [0.2, 0.25) is 0 Å². The molecule has 0 aromatic carbocycles. The summed E-state index contributed by atoms with van der Waals surface area (Å²) in [7, 11) is 0. The zero-order valence-corrected chi connectivity index (χ0v) is 12.6. The van der Waals surface area contributed by atoms with E-state index in [4.69, 9.17) is 4.74 Å². The lowest BCUT2D eigenvalue weighted by molar-refractivity contribution is 0.0150. The number of aromatic nitrogens is 1. The average Bonchev–Trinajstić information content (AvgIpc) is 3.11. The molecular formula is C16H22N4O2. The number of ether oxygens (including phenoxy) is 1. The molecule has 3 aliphatic rings. The van der Waals surface area contributed by atoms with Crippen LogP contribution in [0.25, 0.3) is 0 Å². The van der Waals surface area contributed by atoms with E-state index < -0.39 is 0 Å². The van der Waals surface area contributed by atoms with Crippen molar-refractivity contribution in [2.75, 3.05) is 25.0 Å². The summed E-state index contributed by atoms with van der Waals surface area (Å²) in [4.78, 5) is 18.3. The molecule has 6 nitrogen and oxygen atoms in total. The van der Waals surface area contributed by atoms with Gasteiger partial charge in [0.1, 0.15) is 5.82 Å². The number of amides is 2. The third kappa shape index (κ3) is 2.88. The minimum atomic E-state index is -0.173. The van der Waals surface area contributed by atoms with Crippen molar-refractivity contribution in [3.8, 4) is 0 Å². The molecule has 2 amide bonds. The Bertz CT molecular complexity index is 548. The van der Waals surface area contributed by atoms with Crippen molar-refractivity contribution in [1.82, 2.24) is 15.2 Å². The van der Waals surface area contributed by atoms with E-state index in [0.29, 0.717) is 19.2 Å². The highest BCUT2D eigenvalue weighted by molar-refractivity contribution is 5.75. The summed E-state index contributed by atoms with van der Waals surface area (Å²) >= 11 is 0. The summed E-state index contributed by atoms with van der Waals surface area (Å²) in [6.45, 7) is 2.16. The van der Waals surface area contributed by atoms with Crippen LogP contribution in [0.3, 0.4) is 0 Å². The van der Waals surface area contributed by atoms with E-state index in [-0.39, 0.29) is 17.7 Å². The van der Waals surface area contributed by atoms with Crippen molar-refractivity contribution in [2.24, 2.45) is 0 Å². The summed E-state index contributed by atoms with van der Waals surface area (Å²) in [6, 6.07) is 6.60. The molecule has 2 saturated heterocycles. The summed E-state index contributed by atoms with van der Waals surface area (Å²) in [5.41, 5.74) is -0.173. The minimum Gasteiger partial charge on any atom is -0.371 e. The van der Waals surface area contributed by atoms with Gasteiger partial charge in [-0.3, -0.25) is 0 Å². The van der Waals surface area contributed by atoms with Gasteiger partial charge < -0.3 is 20.3 Å². The second kappa shape index (κ2) is 5.43. The molecule has 1 aliphatic carbocycles. The topological polar surface area (TPSA) is 66.5 Å². The summed E-state index contributed by atoms with van der Waals surface area (Å²) in [6.07, 6.45) is 5.88. The number of nitrogens with zero attached hydrogens (tertiary/aromatic N) is 2. The Labute approximate surface area is 130 Å². The van der Waals surface area contributed by atoms with E-state index in [1.54, 1.807) is 6.20 Å². The van der Waals surface area contributed by atoms with Gasteiger partial charge in [0, 0.05) is 25.2 Å². The fraction of sp³-hybridized carbons (Fsp3) is 0.625. The number of carbonyl (C=O) groups is 1. The van der Waals surface area contributed by atoms with E-state index in [1.807, 2.05) is 23.1 Å². The van der Waals surface area contributed by atoms with Gasteiger partial charge in [-0.15, -0.1) is 0 Å². The van der Waals surface area contributed by atoms with Crippen LogP contribution in [0.4, 0.5) is 10.6 Å². The van der Waals surface area contributed by atoms with Crippen LogP contribution in [0.1, 0.15) is 25.7 Å². The SMILES string of the molecule is O=C(NC1CC1)N1CCC2(CC(Nc3ccccn3)CO2)C1. The lowest BCUT2D eigenvalue weighted by atomic mass is 9.97. The van der Waals surface area contributed by atoms with Gasteiger partial charge in [0.05, 0.1) is 24.8 Å². The molecule has 6 heteroatoms. The van der Waals surface area contributed by atoms with Crippen LogP contribution in [0.2, 0.25) is 0 Å². The number of hydrogen-bond acceptors (Lipinski definition) is 4. The van der Waals surface area contributed by atoms with Gasteiger partial charge in [-0.1, -0.05) is 6.07 Å². The normalized spacial score (nSPS) is 30.7. The predicted molar refractivity (Wildman–Crippen MR) is 82.7 cm³/mol. The summed E-state index contributed by atoms with van der Waals surface area (Å²) < 4.78 is 6.08. The molecule has 2 unspecified atom stereocenters. The van der Waals surface area contributed by atoms with E-state index in [1.165, 1.54) is 0 Å². The second-order valence-electron chi connectivity index (χ2n) is 6.65. The van der Waals surface area contributed by atoms with Crippen molar-refractivity contribution in [3.63, 3.8) is 0 Å². The number of urea groups is 1. The second-order valence-corrected chi connectivity index (χ2v) is 6.65. The highest BCUT2D eigenvalue weighted by atomic mass is 16.5. The first-order chi connectivity index (χ1) is 10.7. The van der Waals surface area contributed by atoms with Crippen LogP contribution in [0.15, 0.2) is 24.4 Å². The van der Waals surface area contributed by atoms with E-state index in [0.717, 1.165) is 38.0 Å². The van der Waals surface area contributed by atoms with Crippen LogP contribution < -0.4 is 10.6 Å². The van der Waals surface area contributed by atoms with Crippen LogP contribution in [0.5, 0.6) is 0 Å². The first-order valence-electron chi connectivity index (χ1n) is 8.09. The monoisotopic (exact) mass is 302 g/mol. The van der Waals surface area contributed by atoms with E-state index >= 15 is 0 Å². The molecule has 2 N–H and O–H groups in total. The average molecular weight is 302 g/mol. The Hall–Kier alpha value is -1.82. The molecule has 118 valence electrons. The summed E-state index contributed by atoms with van der Waals surface area (Å²) in [5.74, 6) is 0.884. The van der Waals surface area contributed by atoms with Crippen LogP contribution in [0, 0.1) is 0 Å². The smallest absolute Gasteiger partial charge is 0.317 e. The molecule has 0 radical (unpaired) electrons. The van der Waals surface area contributed by atoms with Gasteiger partial charge in [0.25, 0.3) is 0 Å². The van der Waals surface area contributed by atoms with Gasteiger partial charge >= 0.3 is 6.03 Å².